The summed E-state index contributed by atoms with van der Waals surface area (Å²) in [7, 11) is 0. The molecule has 0 bridgehead atoms. The fourth-order valence-corrected chi connectivity index (χ4v) is 1.90. The molecule has 2 rings (SSSR count). The van der Waals surface area contributed by atoms with Crippen LogP contribution in [-0.4, -0.2) is 11.6 Å². The maximum absolute atomic E-state index is 14.0. The van der Waals surface area contributed by atoms with Gasteiger partial charge < -0.3 is 9.72 Å². The second kappa shape index (κ2) is 5.71. The van der Waals surface area contributed by atoms with Crippen LogP contribution in [0, 0.1) is 24.1 Å². The Labute approximate surface area is 117 Å². The number of hydrogen-bond donors (Lipinski definition) is 1. The van der Waals surface area contributed by atoms with Crippen molar-refractivity contribution in [1.82, 2.24) is 4.98 Å². The summed E-state index contributed by atoms with van der Waals surface area (Å²) in [6.45, 7) is -1.48. The van der Waals surface area contributed by atoms with E-state index in [2.05, 4.69) is 9.72 Å². The zero-order chi connectivity index (χ0) is 15.6. The number of nitrogens with zero attached hydrogens (tertiary/aromatic N) is 1. The van der Waals surface area contributed by atoms with Gasteiger partial charge in [-0.25, -0.2) is 4.39 Å². The van der Waals surface area contributed by atoms with Gasteiger partial charge in [0.15, 0.2) is 0 Å². The topological polar surface area (TPSA) is 65.9 Å². The summed E-state index contributed by atoms with van der Waals surface area (Å²) < 4.78 is 42.2. The van der Waals surface area contributed by atoms with Gasteiger partial charge in [-0.05, 0) is 25.1 Å². The fourth-order valence-electron chi connectivity index (χ4n) is 1.90. The van der Waals surface area contributed by atoms with E-state index in [1.807, 2.05) is 0 Å². The van der Waals surface area contributed by atoms with E-state index >= 15 is 0 Å². The second-order valence-electron chi connectivity index (χ2n) is 4.20. The van der Waals surface area contributed by atoms with Crippen LogP contribution in [0.3, 0.4) is 0 Å². The Bertz CT molecular complexity index is 779. The molecular formula is C14H9F3N2O2. The van der Waals surface area contributed by atoms with Crippen LogP contribution >= 0.6 is 0 Å². The third-order valence-corrected chi connectivity index (χ3v) is 2.74. The molecule has 4 nitrogen and oxygen atoms in total. The number of aryl methyl sites for hydroxylation is 1. The number of benzene rings is 1. The summed E-state index contributed by atoms with van der Waals surface area (Å²) in [6, 6.07) is 6.24. The van der Waals surface area contributed by atoms with Crippen molar-refractivity contribution in [3.8, 4) is 22.9 Å². The van der Waals surface area contributed by atoms with Gasteiger partial charge in [-0.2, -0.15) is 14.0 Å². The third kappa shape index (κ3) is 3.05. The normalized spacial score (nSPS) is 10.5. The summed E-state index contributed by atoms with van der Waals surface area (Å²) >= 11 is 0. The molecule has 108 valence electrons. The van der Waals surface area contributed by atoms with Crippen LogP contribution in [0.15, 0.2) is 29.1 Å². The summed E-state index contributed by atoms with van der Waals surface area (Å²) in [5, 5.41) is 9.00. The molecular weight excluding hydrogens is 285 g/mol. The van der Waals surface area contributed by atoms with Crippen LogP contribution in [0.2, 0.25) is 0 Å². The first kappa shape index (κ1) is 14.7. The van der Waals surface area contributed by atoms with Gasteiger partial charge in [0, 0.05) is 22.9 Å². The average molecular weight is 294 g/mol. The first-order valence-electron chi connectivity index (χ1n) is 5.81. The molecule has 0 amide bonds. The number of rotatable bonds is 3. The van der Waals surface area contributed by atoms with Gasteiger partial charge in [0.25, 0.3) is 5.56 Å². The van der Waals surface area contributed by atoms with Gasteiger partial charge in [-0.1, -0.05) is 0 Å². The van der Waals surface area contributed by atoms with Gasteiger partial charge in [-0.15, -0.1) is 0 Å². The summed E-state index contributed by atoms with van der Waals surface area (Å²) in [5.41, 5.74) is -0.384. The van der Waals surface area contributed by atoms with Crippen LogP contribution in [0.25, 0.3) is 11.1 Å². The number of aromatic amines is 1. The molecule has 7 heteroatoms. The van der Waals surface area contributed by atoms with Crippen molar-refractivity contribution in [3.63, 3.8) is 0 Å². The molecule has 0 fully saturated rings. The molecule has 0 unspecified atom stereocenters. The molecule has 0 saturated carbocycles. The Morgan fingerprint density at radius 3 is 2.57 bits per heavy atom. The minimum Gasteiger partial charge on any atom is -0.435 e. The standard InChI is InChI=1S/C14H9F3N2O2/c1-7-4-10(11(6-18)13(20)19-7)9-3-2-8(5-12(9)15)21-14(16)17/h2-5,14H,1H3,(H,19,20). The Morgan fingerprint density at radius 2 is 2.00 bits per heavy atom. The van der Waals surface area contributed by atoms with Crippen LogP contribution < -0.4 is 10.3 Å². The molecule has 21 heavy (non-hydrogen) atoms. The molecule has 1 N–H and O–H groups in total. The molecule has 0 spiro atoms. The Morgan fingerprint density at radius 1 is 1.29 bits per heavy atom. The molecule has 0 radical (unpaired) electrons. The lowest BCUT2D eigenvalue weighted by atomic mass is 10.0. The van der Waals surface area contributed by atoms with E-state index in [0.29, 0.717) is 5.69 Å². The number of nitrogens with one attached hydrogen (secondary N) is 1. The minimum atomic E-state index is -3.06. The number of halogens is 3. The van der Waals surface area contributed by atoms with E-state index in [-0.39, 0.29) is 22.4 Å². The molecule has 1 aromatic heterocycles. The van der Waals surface area contributed by atoms with Crippen molar-refractivity contribution in [3.05, 3.63) is 51.7 Å². The molecule has 0 aliphatic heterocycles. The van der Waals surface area contributed by atoms with Crippen LogP contribution in [-0.2, 0) is 0 Å². The smallest absolute Gasteiger partial charge is 0.387 e. The number of nitriles is 1. The Balaban J connectivity index is 2.58. The van der Waals surface area contributed by atoms with Gasteiger partial charge in [0.1, 0.15) is 23.2 Å². The van der Waals surface area contributed by atoms with E-state index < -0.39 is 18.0 Å². The predicted molar refractivity (Wildman–Crippen MR) is 68.5 cm³/mol. The van der Waals surface area contributed by atoms with Crippen LogP contribution in [0.4, 0.5) is 13.2 Å². The highest BCUT2D eigenvalue weighted by Gasteiger charge is 2.15. The lowest BCUT2D eigenvalue weighted by Crippen LogP contribution is -2.13. The van der Waals surface area contributed by atoms with E-state index in [9.17, 15) is 18.0 Å². The van der Waals surface area contributed by atoms with E-state index in [1.165, 1.54) is 12.1 Å². The average Bonchev–Trinajstić information content (AvgIpc) is 2.37. The first-order chi connectivity index (χ1) is 9.92. The van der Waals surface area contributed by atoms with Crippen molar-refractivity contribution in [1.29, 1.82) is 5.26 Å². The molecule has 0 aliphatic rings. The molecule has 0 saturated heterocycles. The first-order valence-corrected chi connectivity index (χ1v) is 5.81. The molecule has 0 aliphatic carbocycles. The maximum Gasteiger partial charge on any atom is 0.387 e. The number of alkyl halides is 2. The number of H-pyrrole nitrogens is 1. The van der Waals surface area contributed by atoms with E-state index in [4.69, 9.17) is 5.26 Å². The van der Waals surface area contributed by atoms with Crippen LogP contribution in [0.1, 0.15) is 11.3 Å². The lowest BCUT2D eigenvalue weighted by Gasteiger charge is -2.09. The molecule has 1 aromatic carbocycles. The Kier molecular flexibility index (Phi) is 3.98. The van der Waals surface area contributed by atoms with Crippen molar-refractivity contribution >= 4 is 0 Å². The summed E-state index contributed by atoms with van der Waals surface area (Å²) in [4.78, 5) is 14.1. The lowest BCUT2D eigenvalue weighted by molar-refractivity contribution is -0.0499. The second-order valence-corrected chi connectivity index (χ2v) is 4.20. The van der Waals surface area contributed by atoms with E-state index in [0.717, 1.165) is 12.1 Å². The summed E-state index contributed by atoms with van der Waals surface area (Å²) in [5.74, 6) is -1.21. The van der Waals surface area contributed by atoms with Crippen LogP contribution in [0.5, 0.6) is 5.75 Å². The van der Waals surface area contributed by atoms with Crippen molar-refractivity contribution in [2.75, 3.05) is 0 Å². The maximum atomic E-state index is 14.0. The molecule has 2 aromatic rings. The SMILES string of the molecule is Cc1cc(-c2ccc(OC(F)F)cc2F)c(C#N)c(=O)[nH]1. The van der Waals surface area contributed by atoms with Crippen molar-refractivity contribution < 1.29 is 17.9 Å². The quantitative estimate of drug-likeness (QED) is 0.946. The summed E-state index contributed by atoms with van der Waals surface area (Å²) in [6.07, 6.45) is 0. The zero-order valence-corrected chi connectivity index (χ0v) is 10.8. The third-order valence-electron chi connectivity index (χ3n) is 2.74. The van der Waals surface area contributed by atoms with Gasteiger partial charge in [0.05, 0.1) is 0 Å². The zero-order valence-electron chi connectivity index (χ0n) is 10.8. The number of ether oxygens (including phenoxy) is 1. The van der Waals surface area contributed by atoms with Gasteiger partial charge >= 0.3 is 6.61 Å². The van der Waals surface area contributed by atoms with E-state index in [1.54, 1.807) is 13.0 Å². The number of pyridine rings is 1. The highest BCUT2D eigenvalue weighted by atomic mass is 19.3. The van der Waals surface area contributed by atoms with Crippen molar-refractivity contribution in [2.24, 2.45) is 0 Å². The predicted octanol–water partition coefficient (Wildman–Crippen LogP) is 2.96. The number of hydrogen-bond acceptors (Lipinski definition) is 3. The highest BCUT2D eigenvalue weighted by Crippen LogP contribution is 2.28. The largest absolute Gasteiger partial charge is 0.435 e. The number of aromatic nitrogens is 1. The van der Waals surface area contributed by atoms with Crippen molar-refractivity contribution in [2.45, 2.75) is 13.5 Å². The molecule has 0 atom stereocenters. The minimum absolute atomic E-state index is 0.0395. The van der Waals surface area contributed by atoms with Gasteiger partial charge in [0.2, 0.25) is 0 Å². The Hall–Kier alpha value is -2.75. The van der Waals surface area contributed by atoms with Gasteiger partial charge in [-0.3, -0.25) is 4.79 Å². The monoisotopic (exact) mass is 294 g/mol. The molecule has 1 heterocycles. The fraction of sp³-hybridized carbons (Fsp3) is 0.143. The highest BCUT2D eigenvalue weighted by molar-refractivity contribution is 5.71.